The zero-order valence-electron chi connectivity index (χ0n) is 15.8. The maximum Gasteiger partial charge on any atom is 0.149 e. The number of nitriles is 1. The molecule has 0 aliphatic carbocycles. The number of imidazole rings is 1. The van der Waals surface area contributed by atoms with E-state index < -0.39 is 0 Å². The molecule has 4 nitrogen and oxygen atoms in total. The van der Waals surface area contributed by atoms with Gasteiger partial charge in [-0.05, 0) is 75.6 Å². The van der Waals surface area contributed by atoms with Crippen molar-refractivity contribution in [1.29, 1.82) is 5.26 Å². The molecular formula is C23H13BrCl2FN3O. The third kappa shape index (κ3) is 4.91. The molecule has 4 rings (SSSR count). The Kier molecular flexibility index (Phi) is 6.28. The summed E-state index contributed by atoms with van der Waals surface area (Å²) in [5.41, 5.74) is 3.11. The second-order valence-electron chi connectivity index (χ2n) is 6.64. The smallest absolute Gasteiger partial charge is 0.149 e. The lowest BCUT2D eigenvalue weighted by Crippen LogP contribution is -1.96. The van der Waals surface area contributed by atoms with E-state index in [0.29, 0.717) is 44.8 Å². The minimum Gasteiger partial charge on any atom is -0.488 e. The zero-order valence-corrected chi connectivity index (χ0v) is 18.9. The van der Waals surface area contributed by atoms with Crippen molar-refractivity contribution in [2.45, 2.75) is 6.61 Å². The lowest BCUT2D eigenvalue weighted by Gasteiger charge is -2.10. The standard InChI is InChI=1S/C23H13BrCl2FN3O/c24-17-8-13(2-6-22(17)31-12-14-1-4-18(25)19(26)9-14)7-15(11-28)23-29-20-5-3-16(27)10-21(20)30-23/h1-10H,12H2,(H,29,30)/b15-7-. The molecule has 0 aliphatic heterocycles. The fourth-order valence-corrected chi connectivity index (χ4v) is 3.78. The number of benzene rings is 3. The van der Waals surface area contributed by atoms with Crippen molar-refractivity contribution in [1.82, 2.24) is 9.97 Å². The first-order chi connectivity index (χ1) is 14.9. The third-order valence-corrected chi connectivity index (χ3v) is 5.82. The molecule has 0 saturated carbocycles. The van der Waals surface area contributed by atoms with Gasteiger partial charge in [0.25, 0.3) is 0 Å². The summed E-state index contributed by atoms with van der Waals surface area (Å²) in [6.45, 7) is 0.323. The molecule has 8 heteroatoms. The number of nitrogens with one attached hydrogen (secondary N) is 1. The molecule has 1 heterocycles. The molecule has 31 heavy (non-hydrogen) atoms. The van der Waals surface area contributed by atoms with Crippen LogP contribution in [0.3, 0.4) is 0 Å². The van der Waals surface area contributed by atoms with Crippen LogP contribution in [0.2, 0.25) is 10.0 Å². The molecule has 0 spiro atoms. The molecule has 154 valence electrons. The number of aromatic nitrogens is 2. The summed E-state index contributed by atoms with van der Waals surface area (Å²) < 4.78 is 20.0. The maximum atomic E-state index is 13.4. The molecule has 0 saturated heterocycles. The number of aromatic amines is 1. The first-order valence-electron chi connectivity index (χ1n) is 9.06. The van der Waals surface area contributed by atoms with Gasteiger partial charge in [0.15, 0.2) is 0 Å². The van der Waals surface area contributed by atoms with E-state index in [0.717, 1.165) is 15.6 Å². The first-order valence-corrected chi connectivity index (χ1v) is 10.6. The second kappa shape index (κ2) is 9.11. The molecule has 3 aromatic carbocycles. The van der Waals surface area contributed by atoms with Crippen LogP contribution >= 0.6 is 39.1 Å². The Hall–Kier alpha value is -2.85. The Morgan fingerprint density at radius 2 is 1.97 bits per heavy atom. The number of halogens is 4. The molecule has 0 radical (unpaired) electrons. The number of rotatable bonds is 5. The summed E-state index contributed by atoms with van der Waals surface area (Å²) in [7, 11) is 0. The molecule has 0 fully saturated rings. The third-order valence-electron chi connectivity index (χ3n) is 4.46. The number of H-pyrrole nitrogens is 1. The van der Waals surface area contributed by atoms with Crippen LogP contribution in [-0.4, -0.2) is 9.97 Å². The molecule has 1 aromatic heterocycles. The predicted molar refractivity (Wildman–Crippen MR) is 124 cm³/mol. The summed E-state index contributed by atoms with van der Waals surface area (Å²) in [5.74, 6) is 0.644. The molecule has 0 unspecified atom stereocenters. The van der Waals surface area contributed by atoms with Crippen molar-refractivity contribution >= 4 is 61.8 Å². The van der Waals surface area contributed by atoms with Crippen LogP contribution in [0.4, 0.5) is 4.39 Å². The van der Waals surface area contributed by atoms with E-state index in [-0.39, 0.29) is 5.82 Å². The van der Waals surface area contributed by atoms with Crippen molar-refractivity contribution in [3.63, 3.8) is 0 Å². The van der Waals surface area contributed by atoms with Gasteiger partial charge in [0, 0.05) is 0 Å². The van der Waals surface area contributed by atoms with Crippen LogP contribution in [0.25, 0.3) is 22.7 Å². The number of allylic oxidation sites excluding steroid dienone is 1. The van der Waals surface area contributed by atoms with Gasteiger partial charge < -0.3 is 9.72 Å². The van der Waals surface area contributed by atoms with Gasteiger partial charge in [-0.15, -0.1) is 0 Å². The average Bonchev–Trinajstić information content (AvgIpc) is 3.16. The molecule has 0 amide bonds. The van der Waals surface area contributed by atoms with Crippen molar-refractivity contribution in [2.24, 2.45) is 0 Å². The summed E-state index contributed by atoms with van der Waals surface area (Å²) in [5, 5.41) is 10.6. The second-order valence-corrected chi connectivity index (χ2v) is 8.31. The van der Waals surface area contributed by atoms with Gasteiger partial charge in [0.05, 0.1) is 31.1 Å². The zero-order chi connectivity index (χ0) is 22.0. The SMILES string of the molecule is N#C/C(=C/c1ccc(OCc2ccc(Cl)c(Cl)c2)c(Br)c1)c1nc2ccc(F)cc2[nH]1. The molecular weight excluding hydrogens is 504 g/mol. The Balaban J connectivity index is 1.54. The van der Waals surface area contributed by atoms with E-state index in [1.165, 1.54) is 12.1 Å². The number of fused-ring (bicyclic) bond motifs is 1. The van der Waals surface area contributed by atoms with Crippen molar-refractivity contribution < 1.29 is 9.13 Å². The monoisotopic (exact) mass is 515 g/mol. The summed E-state index contributed by atoms with van der Waals surface area (Å²) in [4.78, 5) is 7.35. The topological polar surface area (TPSA) is 61.7 Å². The maximum absolute atomic E-state index is 13.4. The number of hydrogen-bond acceptors (Lipinski definition) is 3. The van der Waals surface area contributed by atoms with Gasteiger partial charge in [-0.2, -0.15) is 5.26 Å². The molecule has 0 aliphatic rings. The highest BCUT2D eigenvalue weighted by Crippen LogP contribution is 2.30. The highest BCUT2D eigenvalue weighted by atomic mass is 79.9. The van der Waals surface area contributed by atoms with E-state index in [9.17, 15) is 9.65 Å². The highest BCUT2D eigenvalue weighted by Gasteiger charge is 2.10. The van der Waals surface area contributed by atoms with Gasteiger partial charge in [-0.1, -0.05) is 35.3 Å². The normalized spacial score (nSPS) is 11.5. The van der Waals surface area contributed by atoms with Crippen molar-refractivity contribution in [2.75, 3.05) is 0 Å². The molecule has 0 atom stereocenters. The van der Waals surface area contributed by atoms with Crippen LogP contribution < -0.4 is 4.74 Å². The van der Waals surface area contributed by atoms with Crippen molar-refractivity contribution in [3.05, 3.63) is 91.9 Å². The number of ether oxygens (including phenoxy) is 1. The lowest BCUT2D eigenvalue weighted by atomic mass is 10.1. The summed E-state index contributed by atoms with van der Waals surface area (Å²) in [6.07, 6.45) is 1.70. The van der Waals surface area contributed by atoms with Gasteiger partial charge >= 0.3 is 0 Å². The fourth-order valence-electron chi connectivity index (χ4n) is 2.94. The quantitative estimate of drug-likeness (QED) is 0.281. The Morgan fingerprint density at radius 1 is 1.13 bits per heavy atom. The predicted octanol–water partition coefficient (Wildman–Crippen LogP) is 7.41. The summed E-state index contributed by atoms with van der Waals surface area (Å²) >= 11 is 15.5. The van der Waals surface area contributed by atoms with E-state index in [1.54, 1.807) is 30.3 Å². The Morgan fingerprint density at radius 3 is 2.71 bits per heavy atom. The lowest BCUT2D eigenvalue weighted by molar-refractivity contribution is 0.304. The highest BCUT2D eigenvalue weighted by molar-refractivity contribution is 9.10. The van der Waals surface area contributed by atoms with Crippen LogP contribution in [0.1, 0.15) is 17.0 Å². The van der Waals surface area contributed by atoms with Crippen LogP contribution in [0.15, 0.2) is 59.1 Å². The largest absolute Gasteiger partial charge is 0.488 e. The van der Waals surface area contributed by atoms with Crippen molar-refractivity contribution in [3.8, 4) is 11.8 Å². The fraction of sp³-hybridized carbons (Fsp3) is 0.0435. The number of hydrogen-bond donors (Lipinski definition) is 1. The van der Waals surface area contributed by atoms with Gasteiger partial charge in [-0.25, -0.2) is 9.37 Å². The first kappa shape index (κ1) is 21.4. The van der Waals surface area contributed by atoms with Crippen LogP contribution in [0, 0.1) is 17.1 Å². The minimum atomic E-state index is -0.370. The van der Waals surface area contributed by atoms with Gasteiger partial charge in [0.1, 0.15) is 30.1 Å². The van der Waals surface area contributed by atoms with Crippen LogP contribution in [0.5, 0.6) is 5.75 Å². The number of nitrogens with zero attached hydrogens (tertiary/aromatic N) is 2. The summed E-state index contributed by atoms with van der Waals surface area (Å²) in [6, 6.07) is 17.2. The Labute approximate surface area is 196 Å². The minimum absolute atomic E-state index is 0.323. The van der Waals surface area contributed by atoms with Crippen LogP contribution in [-0.2, 0) is 6.61 Å². The average molecular weight is 517 g/mol. The van der Waals surface area contributed by atoms with E-state index in [4.69, 9.17) is 27.9 Å². The molecule has 0 bridgehead atoms. The van der Waals surface area contributed by atoms with Gasteiger partial charge in [0.2, 0.25) is 0 Å². The molecule has 1 N–H and O–H groups in total. The molecule has 4 aromatic rings. The van der Waals surface area contributed by atoms with E-state index >= 15 is 0 Å². The Bertz CT molecular complexity index is 1360. The van der Waals surface area contributed by atoms with E-state index in [2.05, 4.69) is 32.0 Å². The van der Waals surface area contributed by atoms with Gasteiger partial charge in [-0.3, -0.25) is 0 Å². The van der Waals surface area contributed by atoms with E-state index in [1.807, 2.05) is 18.2 Å².